The van der Waals surface area contributed by atoms with Crippen molar-refractivity contribution in [3.05, 3.63) is 21.4 Å². The molecule has 1 aliphatic carbocycles. The van der Waals surface area contributed by atoms with Crippen molar-refractivity contribution >= 4 is 23.2 Å². The molecule has 1 unspecified atom stereocenters. The maximum atomic E-state index is 12.6. The van der Waals surface area contributed by atoms with Crippen molar-refractivity contribution in [2.75, 3.05) is 19.7 Å². The minimum atomic E-state index is -0.675. The number of carbonyl (C=O) groups is 2. The monoisotopic (exact) mass is 321 g/mol. The third-order valence-electron chi connectivity index (χ3n) is 5.37. The Morgan fingerprint density at radius 3 is 2.77 bits per heavy atom. The minimum Gasteiger partial charge on any atom is -0.481 e. The van der Waals surface area contributed by atoms with Gasteiger partial charge in [0.15, 0.2) is 0 Å². The predicted molar refractivity (Wildman–Crippen MR) is 81.0 cm³/mol. The minimum absolute atomic E-state index is 0.0227. The van der Waals surface area contributed by atoms with Crippen molar-refractivity contribution in [2.24, 2.45) is 11.3 Å². The summed E-state index contributed by atoms with van der Waals surface area (Å²) in [6.07, 6.45) is 3.33. The molecule has 1 aromatic heterocycles. The first kappa shape index (κ1) is 14.2. The maximum absolute atomic E-state index is 12.6. The number of ether oxygens (including phenoxy) is 1. The van der Waals surface area contributed by atoms with Gasteiger partial charge in [0.1, 0.15) is 0 Å². The van der Waals surface area contributed by atoms with Gasteiger partial charge in [0.25, 0.3) is 5.91 Å². The fraction of sp³-hybridized carbons (Fsp3) is 0.625. The van der Waals surface area contributed by atoms with Crippen LogP contribution in [0, 0.1) is 11.3 Å². The van der Waals surface area contributed by atoms with Crippen LogP contribution < -0.4 is 0 Å². The molecular weight excluding hydrogens is 302 g/mol. The third kappa shape index (κ3) is 2.25. The number of carboxylic acids is 1. The first-order valence-electron chi connectivity index (χ1n) is 7.80. The number of likely N-dealkylation sites (tertiary alicyclic amines) is 1. The van der Waals surface area contributed by atoms with Gasteiger partial charge in [-0.1, -0.05) is 0 Å². The molecule has 1 spiro atoms. The fourth-order valence-electron chi connectivity index (χ4n) is 3.81. The van der Waals surface area contributed by atoms with E-state index in [1.807, 2.05) is 11.0 Å². The Bertz CT molecular complexity index is 607. The number of thiophene rings is 1. The molecule has 1 atom stereocenters. The first-order valence-corrected chi connectivity index (χ1v) is 8.62. The Labute approximate surface area is 132 Å². The molecule has 1 saturated heterocycles. The summed E-state index contributed by atoms with van der Waals surface area (Å²) >= 11 is 1.59. The number of rotatable bonds is 2. The van der Waals surface area contributed by atoms with Crippen molar-refractivity contribution in [1.82, 2.24) is 4.90 Å². The average molecular weight is 321 g/mol. The van der Waals surface area contributed by atoms with Gasteiger partial charge in [-0.25, -0.2) is 0 Å². The Morgan fingerprint density at radius 2 is 2.14 bits per heavy atom. The number of fused-ring (bicyclic) bond motifs is 1. The summed E-state index contributed by atoms with van der Waals surface area (Å²) in [5.74, 6) is -0.761. The van der Waals surface area contributed by atoms with E-state index in [0.29, 0.717) is 19.7 Å². The molecule has 5 nitrogen and oxygen atoms in total. The van der Waals surface area contributed by atoms with E-state index in [-0.39, 0.29) is 17.2 Å². The van der Waals surface area contributed by atoms with E-state index in [9.17, 15) is 9.59 Å². The van der Waals surface area contributed by atoms with Gasteiger partial charge >= 0.3 is 5.97 Å². The molecule has 0 aromatic carbocycles. The summed E-state index contributed by atoms with van der Waals surface area (Å²) in [6, 6.07) is 1.98. The van der Waals surface area contributed by atoms with Crippen LogP contribution in [0.4, 0.5) is 0 Å². The Hall–Kier alpha value is -1.40. The quantitative estimate of drug-likeness (QED) is 0.906. The van der Waals surface area contributed by atoms with Crippen molar-refractivity contribution in [2.45, 2.75) is 32.3 Å². The highest BCUT2D eigenvalue weighted by atomic mass is 32.1. The lowest BCUT2D eigenvalue weighted by Crippen LogP contribution is -2.39. The lowest BCUT2D eigenvalue weighted by molar-refractivity contribution is -0.139. The second-order valence-electron chi connectivity index (χ2n) is 6.61. The summed E-state index contributed by atoms with van der Waals surface area (Å²) in [4.78, 5) is 27.7. The van der Waals surface area contributed by atoms with Crippen LogP contribution in [0.2, 0.25) is 0 Å². The van der Waals surface area contributed by atoms with Crippen LogP contribution >= 0.6 is 11.3 Å². The lowest BCUT2D eigenvalue weighted by Gasteiger charge is -2.32. The van der Waals surface area contributed by atoms with Crippen molar-refractivity contribution < 1.29 is 19.4 Å². The number of aliphatic carboxylic acids is 1. The van der Waals surface area contributed by atoms with Crippen LogP contribution in [0.15, 0.2) is 6.07 Å². The summed E-state index contributed by atoms with van der Waals surface area (Å²) < 4.78 is 5.43. The van der Waals surface area contributed by atoms with Gasteiger partial charge in [-0.05, 0) is 36.3 Å². The predicted octanol–water partition coefficient (Wildman–Crippen LogP) is 2.15. The van der Waals surface area contributed by atoms with Gasteiger partial charge in [0.05, 0.1) is 24.0 Å². The second kappa shape index (κ2) is 5.06. The molecule has 118 valence electrons. The largest absolute Gasteiger partial charge is 0.481 e. The van der Waals surface area contributed by atoms with E-state index in [1.165, 1.54) is 4.88 Å². The Morgan fingerprint density at radius 1 is 1.36 bits per heavy atom. The molecule has 4 rings (SSSR count). The van der Waals surface area contributed by atoms with Gasteiger partial charge in [-0.3, -0.25) is 9.59 Å². The lowest BCUT2D eigenvalue weighted by atomic mass is 9.90. The normalized spacial score (nSPS) is 25.8. The molecule has 1 aromatic rings. The zero-order valence-corrected chi connectivity index (χ0v) is 13.2. The van der Waals surface area contributed by atoms with Gasteiger partial charge in [0, 0.05) is 24.4 Å². The van der Waals surface area contributed by atoms with Crippen LogP contribution in [-0.4, -0.2) is 41.6 Å². The molecule has 1 amide bonds. The van der Waals surface area contributed by atoms with E-state index >= 15 is 0 Å². The number of nitrogens with zero attached hydrogens (tertiary/aromatic N) is 1. The van der Waals surface area contributed by atoms with E-state index in [4.69, 9.17) is 9.84 Å². The molecule has 2 fully saturated rings. The van der Waals surface area contributed by atoms with Gasteiger partial charge in [-0.2, -0.15) is 0 Å². The second-order valence-corrected chi connectivity index (χ2v) is 7.75. The van der Waals surface area contributed by atoms with Crippen LogP contribution in [0.25, 0.3) is 0 Å². The number of hydrogen-bond donors (Lipinski definition) is 1. The van der Waals surface area contributed by atoms with E-state index in [0.717, 1.165) is 42.7 Å². The highest BCUT2D eigenvalue weighted by Crippen LogP contribution is 2.59. The highest BCUT2D eigenvalue weighted by Gasteiger charge is 2.59. The van der Waals surface area contributed by atoms with Crippen molar-refractivity contribution in [1.29, 1.82) is 0 Å². The number of carbonyl (C=O) groups excluding carboxylic acids is 1. The van der Waals surface area contributed by atoms with Crippen LogP contribution in [0.1, 0.15) is 39.4 Å². The molecular formula is C16H19NO4S. The molecule has 3 heterocycles. The maximum Gasteiger partial charge on any atom is 0.307 e. The molecule has 3 aliphatic rings. The smallest absolute Gasteiger partial charge is 0.307 e. The van der Waals surface area contributed by atoms with Crippen LogP contribution in [-0.2, 0) is 22.6 Å². The topological polar surface area (TPSA) is 66.8 Å². The average Bonchev–Trinajstić information content (AvgIpc) is 3.06. The molecule has 22 heavy (non-hydrogen) atoms. The summed E-state index contributed by atoms with van der Waals surface area (Å²) in [7, 11) is 0. The molecule has 2 aliphatic heterocycles. The van der Waals surface area contributed by atoms with Gasteiger partial charge in [-0.15, -0.1) is 11.3 Å². The zero-order valence-electron chi connectivity index (χ0n) is 12.3. The molecule has 1 N–H and O–H groups in total. The number of piperidine rings is 1. The van der Waals surface area contributed by atoms with Gasteiger partial charge < -0.3 is 14.7 Å². The van der Waals surface area contributed by atoms with Crippen molar-refractivity contribution in [3.8, 4) is 0 Å². The number of carboxylic acid groups (broad SMARTS) is 1. The molecule has 0 bridgehead atoms. The molecule has 1 saturated carbocycles. The zero-order chi connectivity index (χ0) is 15.3. The van der Waals surface area contributed by atoms with Crippen LogP contribution in [0.3, 0.4) is 0 Å². The highest BCUT2D eigenvalue weighted by molar-refractivity contribution is 7.14. The molecule has 6 heteroatoms. The summed E-state index contributed by atoms with van der Waals surface area (Å²) in [5, 5.41) is 9.13. The SMILES string of the molecule is O=C(O)C1CC12CCN(C(=O)c1cc3c(s1)CCOC3)CC2. The van der Waals surface area contributed by atoms with Gasteiger partial charge in [0.2, 0.25) is 0 Å². The fourth-order valence-corrected chi connectivity index (χ4v) is 4.93. The van der Waals surface area contributed by atoms with Crippen LogP contribution in [0.5, 0.6) is 0 Å². The van der Waals surface area contributed by atoms with E-state index < -0.39 is 5.97 Å². The van der Waals surface area contributed by atoms with Crippen molar-refractivity contribution in [3.63, 3.8) is 0 Å². The molecule has 0 radical (unpaired) electrons. The van der Waals surface area contributed by atoms with E-state index in [1.54, 1.807) is 11.3 Å². The third-order valence-corrected chi connectivity index (χ3v) is 6.60. The first-order chi connectivity index (χ1) is 10.6. The summed E-state index contributed by atoms with van der Waals surface area (Å²) in [5.41, 5.74) is 1.13. The Kier molecular flexibility index (Phi) is 3.27. The number of amides is 1. The standard InChI is InChI=1S/C16H19NO4S/c18-14(13-7-10-9-21-6-1-12(10)22-13)17-4-2-16(3-5-17)8-11(16)15(19)20/h7,11H,1-6,8-9H2,(H,19,20). The summed E-state index contributed by atoms with van der Waals surface area (Å²) in [6.45, 7) is 2.72. The number of hydrogen-bond acceptors (Lipinski definition) is 4. The Balaban J connectivity index is 1.42. The van der Waals surface area contributed by atoms with E-state index in [2.05, 4.69) is 0 Å².